The highest BCUT2D eigenvalue weighted by molar-refractivity contribution is 5.83. The Kier molecular flexibility index (Phi) is 6.75. The predicted molar refractivity (Wildman–Crippen MR) is 95.4 cm³/mol. The molecule has 4 nitrogen and oxygen atoms in total. The number of nitrogens with zero attached hydrogens (tertiary/aromatic N) is 3. The van der Waals surface area contributed by atoms with Crippen molar-refractivity contribution in [3.63, 3.8) is 0 Å². The van der Waals surface area contributed by atoms with Crippen LogP contribution < -0.4 is 0 Å². The quantitative estimate of drug-likeness (QED) is 0.767. The van der Waals surface area contributed by atoms with Crippen LogP contribution in [0.3, 0.4) is 0 Å². The lowest BCUT2D eigenvalue weighted by atomic mass is 10.0. The zero-order valence-corrected chi connectivity index (χ0v) is 15.3. The number of amides is 1. The molecule has 0 aromatic heterocycles. The SMILES string of the molecule is CN(CCN(C)C1CCCC1)C(=O)[C@H](c1ccc(F)cc1)N(C)C. The highest BCUT2D eigenvalue weighted by Gasteiger charge is 2.27. The van der Waals surface area contributed by atoms with Crippen molar-refractivity contribution >= 4 is 5.91 Å². The maximum Gasteiger partial charge on any atom is 0.244 e. The molecule has 1 aromatic carbocycles. The molecule has 0 unspecified atom stereocenters. The lowest BCUT2D eigenvalue weighted by Crippen LogP contribution is -2.42. The maximum absolute atomic E-state index is 13.2. The fourth-order valence-corrected chi connectivity index (χ4v) is 3.46. The summed E-state index contributed by atoms with van der Waals surface area (Å²) in [5, 5.41) is 0. The molecule has 2 rings (SSSR count). The lowest BCUT2D eigenvalue weighted by molar-refractivity contribution is -0.135. The van der Waals surface area contributed by atoms with Crippen LogP contribution in [0.1, 0.15) is 37.3 Å². The Balaban J connectivity index is 1.96. The molecule has 5 heteroatoms. The smallest absolute Gasteiger partial charge is 0.244 e. The van der Waals surface area contributed by atoms with Crippen LogP contribution in [0.2, 0.25) is 0 Å². The monoisotopic (exact) mass is 335 g/mol. The van der Waals surface area contributed by atoms with Crippen molar-refractivity contribution in [2.24, 2.45) is 0 Å². The number of hydrogen-bond donors (Lipinski definition) is 0. The Labute approximate surface area is 145 Å². The van der Waals surface area contributed by atoms with E-state index >= 15 is 0 Å². The van der Waals surface area contributed by atoms with E-state index in [2.05, 4.69) is 11.9 Å². The number of halogens is 1. The number of rotatable bonds is 7. The van der Waals surface area contributed by atoms with Crippen molar-refractivity contribution in [1.82, 2.24) is 14.7 Å². The highest BCUT2D eigenvalue weighted by Crippen LogP contribution is 2.23. The third kappa shape index (κ3) is 4.77. The van der Waals surface area contributed by atoms with Gasteiger partial charge in [-0.15, -0.1) is 0 Å². The maximum atomic E-state index is 13.2. The second kappa shape index (κ2) is 8.58. The highest BCUT2D eigenvalue weighted by atomic mass is 19.1. The van der Waals surface area contributed by atoms with Gasteiger partial charge in [0.1, 0.15) is 11.9 Å². The molecule has 0 saturated heterocycles. The van der Waals surface area contributed by atoms with Gasteiger partial charge in [-0.05, 0) is 51.7 Å². The molecule has 1 amide bonds. The fourth-order valence-electron chi connectivity index (χ4n) is 3.46. The van der Waals surface area contributed by atoms with Gasteiger partial charge in [0.05, 0.1) is 0 Å². The summed E-state index contributed by atoms with van der Waals surface area (Å²) in [6, 6.07) is 6.48. The van der Waals surface area contributed by atoms with Gasteiger partial charge in [0.25, 0.3) is 0 Å². The van der Waals surface area contributed by atoms with Gasteiger partial charge in [-0.2, -0.15) is 0 Å². The van der Waals surface area contributed by atoms with E-state index in [0.29, 0.717) is 12.6 Å². The van der Waals surface area contributed by atoms with Crippen molar-refractivity contribution in [2.45, 2.75) is 37.8 Å². The van der Waals surface area contributed by atoms with Crippen LogP contribution >= 0.6 is 0 Å². The summed E-state index contributed by atoms with van der Waals surface area (Å²) >= 11 is 0. The van der Waals surface area contributed by atoms with E-state index in [1.807, 2.05) is 26.0 Å². The summed E-state index contributed by atoms with van der Waals surface area (Å²) in [6.07, 6.45) is 5.17. The molecule has 1 atom stereocenters. The molecule has 1 saturated carbocycles. The molecule has 1 aliphatic rings. The molecule has 0 spiro atoms. The first-order chi connectivity index (χ1) is 11.4. The summed E-state index contributed by atoms with van der Waals surface area (Å²) in [5.41, 5.74) is 0.822. The summed E-state index contributed by atoms with van der Waals surface area (Å²) in [4.78, 5) is 18.9. The summed E-state index contributed by atoms with van der Waals surface area (Å²) in [7, 11) is 7.76. The normalized spacial score (nSPS) is 16.8. The molecular formula is C19H30FN3O. The van der Waals surface area contributed by atoms with Gasteiger partial charge < -0.3 is 9.80 Å². The molecule has 0 heterocycles. The van der Waals surface area contributed by atoms with Crippen LogP contribution in [-0.4, -0.2) is 67.9 Å². The van der Waals surface area contributed by atoms with Crippen molar-refractivity contribution in [1.29, 1.82) is 0 Å². The van der Waals surface area contributed by atoms with Crippen molar-refractivity contribution in [3.05, 3.63) is 35.6 Å². The number of carbonyl (C=O) groups excluding carboxylic acids is 1. The molecule has 0 radical (unpaired) electrons. The standard InChI is InChI=1S/C19H30FN3O/c1-21(2)18(15-9-11-16(20)12-10-15)19(24)23(4)14-13-22(3)17-7-5-6-8-17/h9-12,17-18H,5-8,13-14H2,1-4H3/t18-/m0/s1. The van der Waals surface area contributed by atoms with Gasteiger partial charge in [0.2, 0.25) is 5.91 Å². The van der Waals surface area contributed by atoms with E-state index in [4.69, 9.17) is 0 Å². The van der Waals surface area contributed by atoms with Gasteiger partial charge in [-0.3, -0.25) is 9.69 Å². The molecule has 24 heavy (non-hydrogen) atoms. The van der Waals surface area contributed by atoms with E-state index in [1.165, 1.54) is 37.8 Å². The third-order valence-corrected chi connectivity index (χ3v) is 5.05. The van der Waals surface area contributed by atoms with Crippen LogP contribution in [0.5, 0.6) is 0 Å². The van der Waals surface area contributed by atoms with Crippen molar-refractivity contribution < 1.29 is 9.18 Å². The van der Waals surface area contributed by atoms with Crippen molar-refractivity contribution in [2.75, 3.05) is 41.3 Å². The Bertz CT molecular complexity index is 526. The fraction of sp³-hybridized carbons (Fsp3) is 0.632. The minimum Gasteiger partial charge on any atom is -0.343 e. The zero-order chi connectivity index (χ0) is 17.7. The van der Waals surface area contributed by atoms with Crippen LogP contribution in [0, 0.1) is 5.82 Å². The van der Waals surface area contributed by atoms with E-state index in [1.54, 1.807) is 17.0 Å². The van der Waals surface area contributed by atoms with Crippen LogP contribution in [-0.2, 0) is 4.79 Å². The number of likely N-dealkylation sites (N-methyl/N-ethyl adjacent to an activating group) is 3. The van der Waals surface area contributed by atoms with Crippen molar-refractivity contribution in [3.8, 4) is 0 Å². The largest absolute Gasteiger partial charge is 0.343 e. The number of benzene rings is 1. The second-order valence-electron chi connectivity index (χ2n) is 7.10. The molecule has 1 fully saturated rings. The first kappa shape index (κ1) is 18.9. The average molecular weight is 335 g/mol. The minimum atomic E-state index is -0.382. The predicted octanol–water partition coefficient (Wildman–Crippen LogP) is 2.76. The Morgan fingerprint density at radius 3 is 2.21 bits per heavy atom. The number of carbonyl (C=O) groups is 1. The Morgan fingerprint density at radius 2 is 1.67 bits per heavy atom. The van der Waals surface area contributed by atoms with Crippen LogP contribution in [0.25, 0.3) is 0 Å². The summed E-state index contributed by atoms with van der Waals surface area (Å²) in [6.45, 7) is 1.59. The zero-order valence-electron chi connectivity index (χ0n) is 15.3. The van der Waals surface area contributed by atoms with Crippen LogP contribution in [0.4, 0.5) is 4.39 Å². The van der Waals surface area contributed by atoms with Crippen LogP contribution in [0.15, 0.2) is 24.3 Å². The molecule has 0 bridgehead atoms. The first-order valence-electron chi connectivity index (χ1n) is 8.77. The van der Waals surface area contributed by atoms with Gasteiger partial charge in [-0.1, -0.05) is 25.0 Å². The molecular weight excluding hydrogens is 305 g/mol. The van der Waals surface area contributed by atoms with Gasteiger partial charge >= 0.3 is 0 Å². The summed E-state index contributed by atoms with van der Waals surface area (Å²) < 4.78 is 13.2. The van der Waals surface area contributed by atoms with E-state index in [-0.39, 0.29) is 17.8 Å². The van der Waals surface area contributed by atoms with Gasteiger partial charge in [0, 0.05) is 26.2 Å². The minimum absolute atomic E-state index is 0.0476. The number of hydrogen-bond acceptors (Lipinski definition) is 3. The molecule has 0 N–H and O–H groups in total. The molecule has 134 valence electrons. The Hall–Kier alpha value is -1.46. The Morgan fingerprint density at radius 1 is 1.08 bits per heavy atom. The molecule has 1 aliphatic carbocycles. The topological polar surface area (TPSA) is 26.8 Å². The van der Waals surface area contributed by atoms with Gasteiger partial charge in [0.15, 0.2) is 0 Å². The first-order valence-corrected chi connectivity index (χ1v) is 8.77. The van der Waals surface area contributed by atoms with E-state index < -0.39 is 0 Å². The molecule has 0 aliphatic heterocycles. The van der Waals surface area contributed by atoms with E-state index in [9.17, 15) is 9.18 Å². The average Bonchev–Trinajstić information content (AvgIpc) is 3.08. The second-order valence-corrected chi connectivity index (χ2v) is 7.10. The summed E-state index contributed by atoms with van der Waals surface area (Å²) in [5.74, 6) is -0.235. The third-order valence-electron chi connectivity index (χ3n) is 5.05. The molecule has 1 aromatic rings. The van der Waals surface area contributed by atoms with Gasteiger partial charge in [-0.25, -0.2) is 4.39 Å². The van der Waals surface area contributed by atoms with E-state index in [0.717, 1.165) is 12.1 Å². The lowest BCUT2D eigenvalue weighted by Gasteiger charge is -2.31.